The number of hydrogen-bond donors (Lipinski definition) is 2. The van der Waals surface area contributed by atoms with Crippen LogP contribution in [0.4, 0.5) is 0 Å². The number of halogens is 2. The molecular weight excluding hydrogens is 503 g/mol. The van der Waals surface area contributed by atoms with Gasteiger partial charge in [-0.3, -0.25) is 4.99 Å². The van der Waals surface area contributed by atoms with Crippen LogP contribution < -0.4 is 15.4 Å². The number of nitrogens with zero attached hydrogens (tertiary/aromatic N) is 2. The zero-order chi connectivity index (χ0) is 19.2. The molecule has 1 aliphatic rings. The predicted molar refractivity (Wildman–Crippen MR) is 121 cm³/mol. The second-order valence-electron chi connectivity index (χ2n) is 6.36. The van der Waals surface area contributed by atoms with Crippen molar-refractivity contribution in [2.75, 3.05) is 46.6 Å². The molecule has 1 atom stereocenters. The van der Waals surface area contributed by atoms with Crippen LogP contribution in [0.15, 0.2) is 23.2 Å². The summed E-state index contributed by atoms with van der Waals surface area (Å²) in [5.41, 5.74) is 1.04. The van der Waals surface area contributed by atoms with Gasteiger partial charge in [-0.2, -0.15) is 0 Å². The highest BCUT2D eigenvalue weighted by atomic mass is 127. The molecule has 10 heteroatoms. The number of sulfonamides is 1. The monoisotopic (exact) mass is 530 g/mol. The van der Waals surface area contributed by atoms with E-state index >= 15 is 0 Å². The molecule has 0 aromatic heterocycles. The Balaban J connectivity index is 0.00000364. The molecule has 27 heavy (non-hydrogen) atoms. The van der Waals surface area contributed by atoms with Gasteiger partial charge in [0.1, 0.15) is 5.75 Å². The highest BCUT2D eigenvalue weighted by Crippen LogP contribution is 2.22. The molecule has 2 N–H and O–H groups in total. The van der Waals surface area contributed by atoms with Gasteiger partial charge in [-0.25, -0.2) is 12.7 Å². The van der Waals surface area contributed by atoms with E-state index in [0.717, 1.165) is 24.2 Å². The fourth-order valence-electron chi connectivity index (χ4n) is 2.90. The largest absolute Gasteiger partial charge is 0.497 e. The van der Waals surface area contributed by atoms with Crippen LogP contribution in [0.2, 0.25) is 5.02 Å². The Morgan fingerprint density at radius 2 is 2.15 bits per heavy atom. The molecule has 0 amide bonds. The van der Waals surface area contributed by atoms with E-state index in [-0.39, 0.29) is 24.0 Å². The van der Waals surface area contributed by atoms with Gasteiger partial charge in [0.2, 0.25) is 10.0 Å². The van der Waals surface area contributed by atoms with Crippen molar-refractivity contribution in [1.29, 1.82) is 0 Å². The summed E-state index contributed by atoms with van der Waals surface area (Å²) in [5, 5.41) is 7.20. The van der Waals surface area contributed by atoms with Crippen LogP contribution in [-0.4, -0.2) is 65.3 Å². The van der Waals surface area contributed by atoms with E-state index in [1.54, 1.807) is 20.2 Å². The molecule has 0 spiro atoms. The lowest BCUT2D eigenvalue weighted by Crippen LogP contribution is -2.41. The molecule has 1 aliphatic heterocycles. The maximum atomic E-state index is 11.6. The number of ether oxygens (including phenoxy) is 1. The first kappa shape index (κ1) is 24.3. The van der Waals surface area contributed by atoms with Gasteiger partial charge in [0, 0.05) is 38.2 Å². The average molecular weight is 531 g/mol. The highest BCUT2D eigenvalue weighted by Gasteiger charge is 2.28. The third kappa shape index (κ3) is 7.63. The van der Waals surface area contributed by atoms with Crippen molar-refractivity contribution in [2.45, 2.75) is 12.8 Å². The lowest BCUT2D eigenvalue weighted by atomic mass is 10.1. The van der Waals surface area contributed by atoms with E-state index in [1.165, 1.54) is 10.6 Å². The van der Waals surface area contributed by atoms with Crippen LogP contribution in [0.25, 0.3) is 0 Å². The third-order valence-electron chi connectivity index (χ3n) is 4.45. The first-order chi connectivity index (χ1) is 12.3. The van der Waals surface area contributed by atoms with Gasteiger partial charge in [-0.05, 0) is 36.5 Å². The second kappa shape index (κ2) is 11.3. The van der Waals surface area contributed by atoms with Crippen LogP contribution in [-0.2, 0) is 16.4 Å². The number of nitrogens with one attached hydrogen (secondary N) is 2. The number of hydrogen-bond acceptors (Lipinski definition) is 4. The van der Waals surface area contributed by atoms with Crippen molar-refractivity contribution < 1.29 is 13.2 Å². The van der Waals surface area contributed by atoms with Crippen molar-refractivity contribution in [3.63, 3.8) is 0 Å². The Bertz CT molecular complexity index is 746. The normalized spacial score (nSPS) is 18.1. The zero-order valence-electron chi connectivity index (χ0n) is 15.9. The van der Waals surface area contributed by atoms with Crippen LogP contribution in [0.5, 0.6) is 5.75 Å². The molecule has 1 aromatic rings. The number of aliphatic imine (C=N–C) groups is 1. The molecule has 0 aliphatic carbocycles. The minimum Gasteiger partial charge on any atom is -0.497 e. The first-order valence-corrected chi connectivity index (χ1v) is 10.8. The van der Waals surface area contributed by atoms with Crippen LogP contribution in [0.1, 0.15) is 12.0 Å². The smallest absolute Gasteiger partial charge is 0.211 e. The van der Waals surface area contributed by atoms with Crippen molar-refractivity contribution in [3.8, 4) is 5.75 Å². The Hall–Kier alpha value is -0.780. The molecule has 0 saturated carbocycles. The molecule has 1 unspecified atom stereocenters. The maximum absolute atomic E-state index is 11.6. The van der Waals surface area contributed by atoms with Gasteiger partial charge in [-0.15, -0.1) is 24.0 Å². The maximum Gasteiger partial charge on any atom is 0.211 e. The molecule has 7 nitrogen and oxygen atoms in total. The van der Waals surface area contributed by atoms with E-state index in [1.807, 2.05) is 12.1 Å². The van der Waals surface area contributed by atoms with E-state index in [0.29, 0.717) is 43.1 Å². The zero-order valence-corrected chi connectivity index (χ0v) is 19.8. The molecular formula is C17H28ClIN4O3S. The lowest BCUT2D eigenvalue weighted by molar-refractivity contribution is 0.414. The third-order valence-corrected chi connectivity index (χ3v) is 6.07. The van der Waals surface area contributed by atoms with Gasteiger partial charge in [-0.1, -0.05) is 17.7 Å². The number of methoxy groups -OCH3 is 1. The summed E-state index contributed by atoms with van der Waals surface area (Å²) < 4.78 is 29.8. The summed E-state index contributed by atoms with van der Waals surface area (Å²) in [6.45, 7) is 2.53. The fraction of sp³-hybridized carbons (Fsp3) is 0.588. The number of guanidine groups is 1. The van der Waals surface area contributed by atoms with Crippen LogP contribution in [0.3, 0.4) is 0 Å². The Morgan fingerprint density at radius 3 is 2.70 bits per heavy atom. The van der Waals surface area contributed by atoms with Crippen molar-refractivity contribution in [1.82, 2.24) is 14.9 Å². The Labute approximate surface area is 184 Å². The van der Waals surface area contributed by atoms with Gasteiger partial charge in [0.25, 0.3) is 0 Å². The molecule has 1 saturated heterocycles. The van der Waals surface area contributed by atoms with Crippen LogP contribution in [0, 0.1) is 5.92 Å². The van der Waals surface area contributed by atoms with E-state index in [2.05, 4.69) is 15.6 Å². The van der Waals surface area contributed by atoms with Crippen molar-refractivity contribution in [2.24, 2.45) is 10.9 Å². The topological polar surface area (TPSA) is 83.0 Å². The lowest BCUT2D eigenvalue weighted by Gasteiger charge is -2.16. The van der Waals surface area contributed by atoms with Gasteiger partial charge in [0.05, 0.1) is 13.4 Å². The summed E-state index contributed by atoms with van der Waals surface area (Å²) in [7, 11) is 0.233. The summed E-state index contributed by atoms with van der Waals surface area (Å²) in [5.74, 6) is 1.73. The highest BCUT2D eigenvalue weighted by molar-refractivity contribution is 14.0. The minimum absolute atomic E-state index is 0. The average Bonchev–Trinajstić information content (AvgIpc) is 3.08. The van der Waals surface area contributed by atoms with Gasteiger partial charge < -0.3 is 15.4 Å². The predicted octanol–water partition coefficient (Wildman–Crippen LogP) is 1.96. The summed E-state index contributed by atoms with van der Waals surface area (Å²) in [6.07, 6.45) is 2.88. The second-order valence-corrected chi connectivity index (χ2v) is 8.75. The molecule has 1 aromatic carbocycles. The number of benzene rings is 1. The SMILES string of the molecule is CN=C(NCCc1ccc(OC)cc1Cl)NCC1CCN(S(C)(=O)=O)C1.I. The van der Waals surface area contributed by atoms with Crippen LogP contribution >= 0.6 is 35.6 Å². The number of rotatable bonds is 7. The van der Waals surface area contributed by atoms with E-state index < -0.39 is 10.0 Å². The standard InChI is InChI=1S/C17H27ClN4O3S.HI/c1-19-17(21-11-13-7-9-22(12-13)26(3,23)24)20-8-6-14-4-5-15(25-2)10-16(14)18;/h4-5,10,13H,6-9,11-12H2,1-3H3,(H2,19,20,21);1H. The van der Waals surface area contributed by atoms with E-state index in [9.17, 15) is 8.42 Å². The first-order valence-electron chi connectivity index (χ1n) is 8.55. The molecule has 1 heterocycles. The summed E-state index contributed by atoms with van der Waals surface area (Å²) in [6, 6.07) is 5.65. The molecule has 154 valence electrons. The molecule has 2 rings (SSSR count). The molecule has 0 bridgehead atoms. The minimum atomic E-state index is -3.10. The van der Waals surface area contributed by atoms with Gasteiger partial charge >= 0.3 is 0 Å². The van der Waals surface area contributed by atoms with Crippen molar-refractivity contribution >= 4 is 51.6 Å². The summed E-state index contributed by atoms with van der Waals surface area (Å²) in [4.78, 5) is 4.21. The molecule has 1 fully saturated rings. The summed E-state index contributed by atoms with van der Waals surface area (Å²) >= 11 is 6.25. The van der Waals surface area contributed by atoms with E-state index in [4.69, 9.17) is 16.3 Å². The molecule has 0 radical (unpaired) electrons. The van der Waals surface area contributed by atoms with Crippen molar-refractivity contribution in [3.05, 3.63) is 28.8 Å². The quantitative estimate of drug-likeness (QED) is 0.320. The fourth-order valence-corrected chi connectivity index (χ4v) is 4.08. The van der Waals surface area contributed by atoms with Gasteiger partial charge in [0.15, 0.2) is 5.96 Å². The Morgan fingerprint density at radius 1 is 1.41 bits per heavy atom. The Kier molecular flexibility index (Phi) is 10.1.